The molecule has 3 aliphatic carbocycles. The largest absolute Gasteiger partial charge is 0.480 e. The second-order valence-corrected chi connectivity index (χ2v) is 35.6. The van der Waals surface area contributed by atoms with Gasteiger partial charge in [0.2, 0.25) is 47.3 Å². The summed E-state index contributed by atoms with van der Waals surface area (Å²) in [6, 6.07) is 40.0. The number of hydrogen-bond donors (Lipinski definition) is 3. The third-order valence-electron chi connectivity index (χ3n) is 26.0. The first-order valence-electron chi connectivity index (χ1n) is 43.8. The molecule has 0 bridgehead atoms. The van der Waals surface area contributed by atoms with Crippen molar-refractivity contribution >= 4 is 106 Å². The molecule has 0 spiro atoms. The minimum Gasteiger partial charge on any atom is -0.480 e. The number of rotatable bonds is 30. The zero-order chi connectivity index (χ0) is 93.9. The fourth-order valence-electron chi connectivity index (χ4n) is 19.2. The molecular weight excluding hydrogens is 1760 g/mol. The Balaban J connectivity index is 0.000000179. The number of aliphatic carboxylic acids is 3. The summed E-state index contributed by atoms with van der Waals surface area (Å²) in [5.41, 5.74) is 5.83. The molecule has 129 heavy (non-hydrogen) atoms. The van der Waals surface area contributed by atoms with E-state index in [1.54, 1.807) is 37.3 Å². The van der Waals surface area contributed by atoms with Gasteiger partial charge in [-0.1, -0.05) is 219 Å². The minimum atomic E-state index is -4.62. The van der Waals surface area contributed by atoms with Crippen molar-refractivity contribution < 1.29 is 121 Å². The number of β-lactam (4-membered cyclic amide) rings is 4. The number of imide groups is 4. The molecule has 33 heteroatoms. The Morgan fingerprint density at radius 3 is 1.03 bits per heavy atom. The molecule has 6 aromatic carbocycles. The van der Waals surface area contributed by atoms with Crippen LogP contribution in [0.5, 0.6) is 0 Å². The lowest BCUT2D eigenvalue weighted by Gasteiger charge is -2.44. The van der Waals surface area contributed by atoms with Gasteiger partial charge in [-0.15, -0.1) is 0 Å². The van der Waals surface area contributed by atoms with Gasteiger partial charge in [-0.2, -0.15) is 39.5 Å². The zero-order valence-electron chi connectivity index (χ0n) is 71.2. The molecule has 7 aliphatic rings. The van der Waals surface area contributed by atoms with Crippen molar-refractivity contribution in [1.82, 2.24) is 19.6 Å². The number of ether oxygens (including phenoxy) is 1. The second-order valence-electron chi connectivity index (χ2n) is 34.3. The Bertz CT molecular complexity index is 4910. The van der Waals surface area contributed by atoms with E-state index in [1.807, 2.05) is 110 Å². The van der Waals surface area contributed by atoms with Crippen molar-refractivity contribution in [3.63, 3.8) is 0 Å². The zero-order valence-corrected chi connectivity index (χ0v) is 73.5. The summed E-state index contributed by atoms with van der Waals surface area (Å²) >= 11 is 17.7. The summed E-state index contributed by atoms with van der Waals surface area (Å²) in [7, 11) is 0. The molecule has 13 rings (SSSR count). The Morgan fingerprint density at radius 1 is 0.395 bits per heavy atom. The van der Waals surface area contributed by atoms with Crippen LogP contribution in [0, 0.1) is 71.9 Å². The van der Waals surface area contributed by atoms with Gasteiger partial charge in [-0.05, 0) is 185 Å². The molecule has 0 unspecified atom stereocenters. The monoisotopic (exact) mass is 1860 g/mol. The Labute approximate surface area is 756 Å². The molecule has 3 N–H and O–H groups in total. The Hall–Kier alpha value is -10.1. The van der Waals surface area contributed by atoms with Crippen LogP contribution in [-0.4, -0.2) is 155 Å². The van der Waals surface area contributed by atoms with Gasteiger partial charge >= 0.3 is 42.4 Å². The fourth-order valence-corrected chi connectivity index (χ4v) is 19.9. The lowest BCUT2D eigenvalue weighted by Crippen LogP contribution is -2.67. The average Bonchev–Trinajstić information content (AvgIpc) is 0.750. The van der Waals surface area contributed by atoms with Gasteiger partial charge in [-0.3, -0.25) is 58.0 Å². The normalized spacial score (nSPS) is 21.6. The molecule has 3 saturated carbocycles. The van der Waals surface area contributed by atoms with Crippen LogP contribution in [0.15, 0.2) is 152 Å². The first-order valence-corrected chi connectivity index (χ1v) is 44.9. The number of carboxylic acids is 3. The lowest BCUT2D eigenvalue weighted by atomic mass is 9.77. The first kappa shape index (κ1) is 101. The quantitative estimate of drug-likeness (QED) is 0.0215. The summed E-state index contributed by atoms with van der Waals surface area (Å²) in [5.74, 6) is -23.0. The molecule has 696 valence electrons. The maximum atomic E-state index is 14.1. The van der Waals surface area contributed by atoms with Gasteiger partial charge in [0.05, 0.1) is 53.1 Å². The van der Waals surface area contributed by atoms with E-state index < -0.39 is 198 Å². The van der Waals surface area contributed by atoms with Gasteiger partial charge < -0.3 is 20.1 Å². The number of nitrogens with zero attached hydrogens (tertiary/aromatic N) is 4. The highest BCUT2D eigenvalue weighted by Crippen LogP contribution is 2.48. The maximum absolute atomic E-state index is 14.1. The van der Waals surface area contributed by atoms with E-state index >= 15 is 0 Å². The summed E-state index contributed by atoms with van der Waals surface area (Å²) in [6.07, 6.45) is -5.17. The molecule has 7 fully saturated rings. The van der Waals surface area contributed by atoms with Crippen LogP contribution in [0.4, 0.5) is 43.9 Å². The van der Waals surface area contributed by atoms with E-state index in [9.17, 15) is 117 Å². The number of esters is 1. The van der Waals surface area contributed by atoms with Crippen LogP contribution in [0.2, 0.25) is 15.1 Å². The number of benzene rings is 6. The summed E-state index contributed by atoms with van der Waals surface area (Å²) in [5, 5.41) is 29.9. The third-order valence-corrected chi connectivity index (χ3v) is 26.7. The summed E-state index contributed by atoms with van der Waals surface area (Å²) < 4.78 is 142. The number of likely N-dealkylation sites (tertiary alicyclic amines) is 4. The smallest absolute Gasteiger partial charge is 0.392 e. The van der Waals surface area contributed by atoms with Crippen molar-refractivity contribution in [1.29, 1.82) is 0 Å². The van der Waals surface area contributed by atoms with Gasteiger partial charge in [-0.25, -0.2) is 23.6 Å². The van der Waals surface area contributed by atoms with Crippen LogP contribution >= 0.6 is 34.8 Å². The number of carboxylic acid groups (broad SMARTS) is 3. The molecule has 0 radical (unpaired) electrons. The molecule has 4 saturated heterocycles. The highest BCUT2D eigenvalue weighted by molar-refractivity contribution is 6.31. The topological polar surface area (TPSA) is 288 Å². The number of alkyl halides is 9. The molecule has 4 heterocycles. The summed E-state index contributed by atoms with van der Waals surface area (Å²) in [4.78, 5) is 153. The van der Waals surface area contributed by atoms with E-state index in [0.717, 1.165) is 57.5 Å². The van der Waals surface area contributed by atoms with E-state index in [1.165, 1.54) is 18.2 Å². The van der Waals surface area contributed by atoms with Crippen molar-refractivity contribution in [3.05, 3.63) is 211 Å². The molecule has 11 atom stereocenters. The molecule has 4 aliphatic heterocycles. The third kappa shape index (κ3) is 26.0. The molecule has 8 amide bonds. The van der Waals surface area contributed by atoms with Gasteiger partial charge in [0.1, 0.15) is 30.0 Å². The molecule has 6 aromatic rings. The number of carbonyl (C=O) groups is 12. The van der Waals surface area contributed by atoms with Gasteiger partial charge in [0.25, 0.3) is 0 Å². The van der Waals surface area contributed by atoms with Crippen LogP contribution in [0.25, 0.3) is 0 Å². The molecular formula is C96H105Cl3F10N4O16. The lowest BCUT2D eigenvalue weighted by molar-refractivity contribution is -0.201. The Kier molecular flexibility index (Phi) is 35.8. The average molecular weight is 1870 g/mol. The molecule has 20 nitrogen and oxygen atoms in total. The summed E-state index contributed by atoms with van der Waals surface area (Å²) in [6.45, 7) is 3.55. The predicted octanol–water partition coefficient (Wildman–Crippen LogP) is 19.8. The van der Waals surface area contributed by atoms with Crippen LogP contribution in [0.3, 0.4) is 0 Å². The van der Waals surface area contributed by atoms with Crippen molar-refractivity contribution in [3.8, 4) is 0 Å². The number of halogens is 13. The predicted molar refractivity (Wildman–Crippen MR) is 456 cm³/mol. The van der Waals surface area contributed by atoms with Gasteiger partial charge in [0, 0.05) is 41.6 Å². The van der Waals surface area contributed by atoms with E-state index in [2.05, 4.69) is 0 Å². The number of carbonyl (C=O) groups excluding carboxylic acids is 9. The van der Waals surface area contributed by atoms with Crippen molar-refractivity contribution in [2.45, 2.75) is 236 Å². The maximum Gasteiger partial charge on any atom is 0.392 e. The Morgan fingerprint density at radius 2 is 0.705 bits per heavy atom. The molecule has 0 aromatic heterocycles. The first-order chi connectivity index (χ1) is 61.2. The standard InChI is InChI=1S/C27H24ClNO4.C24H29ClF3NO4.C23H28F3NO4.C22H24ClF4NO4/c28-21-13-7-8-18(16-21)14-15-22-25(27(32)33)29(26(22)31)24(30)17-23(19-9-3-1-4-10-19)20-11-5-2-6-12-20;1-2-33-23(32)21-18(12-11-15-7-6-10-17(25)13-15)22(31)29(21)20(30)14-19(24(26,27)28)16-8-4-3-5-9-16;1-14-6-5-7-15(12-14)10-11-17-20(22(30)31)27(21(17)29)19(28)13-18(23(24,25)26)16-8-3-2-4-9-16;23-16-8-4-7-13(18(16)24)9-10-14-19(21(31)32)28(20(14)30)17(29)11-15(22(25,26)27)12-5-2-1-3-6-12/h1-13,16,22-23,25H,14-15,17H2,(H,32,33);6-7,10,13,16,18-19,21H,2-5,8-9,11-12,14H2,1H3;5-7,12,16-18,20H,2-4,8-11,13H2,1H3,(H,30,31);4,7-8,12,14-15,19H,1-3,5-6,9-11H2,(H,31,32)/t22-,25+;18-,19+,21+;17-,18+,20+;14-,15+,19+/m1111/s1. The second kappa shape index (κ2) is 45.7. The van der Waals surface area contributed by atoms with Crippen molar-refractivity contribution in [2.24, 2.45) is 59.2 Å². The highest BCUT2D eigenvalue weighted by Gasteiger charge is 2.61. The van der Waals surface area contributed by atoms with E-state index in [4.69, 9.17) is 39.5 Å². The number of hydrogen-bond acceptors (Lipinski definition) is 13. The van der Waals surface area contributed by atoms with Crippen LogP contribution in [0.1, 0.15) is 199 Å². The fraction of sp³-hybridized carbons (Fsp3) is 0.500. The SMILES string of the molecule is CCOC(=O)[C@@H]1[C@@H](CCc2cccc(Cl)c2)C(=O)N1C(=O)C[C@@H](C1CCCCC1)C(F)(F)F.Cc1cccc(CC[C@H]2C(=O)N(C(=O)C[C@@H](C3CCCCC3)C(F)(F)F)[C@@H]2C(=O)O)c1.O=C(O)[C@@H]1[C@@H](CCc2cccc(Cl)c2)C(=O)N1C(=O)CC(c1ccccc1)c1ccccc1.O=C(O)[C@@H]1[C@@H](CCc2cccc(Cl)c2F)C(=O)N1C(=O)C[C@@H](C1CCCCC1)C(F)(F)F. The van der Waals surface area contributed by atoms with E-state index in [0.29, 0.717) is 127 Å². The van der Waals surface area contributed by atoms with E-state index in [-0.39, 0.29) is 55.2 Å². The van der Waals surface area contributed by atoms with Crippen molar-refractivity contribution in [2.75, 3.05) is 6.61 Å². The van der Waals surface area contributed by atoms with Crippen LogP contribution < -0.4 is 0 Å². The minimum absolute atomic E-state index is 0.00185. The highest BCUT2D eigenvalue weighted by atomic mass is 35.5. The number of aryl methyl sites for hydroxylation is 5. The van der Waals surface area contributed by atoms with Crippen LogP contribution in [-0.2, 0) is 88.0 Å². The van der Waals surface area contributed by atoms with Gasteiger partial charge in [0.15, 0.2) is 0 Å². The number of amides is 8.